The van der Waals surface area contributed by atoms with Crippen LogP contribution in [-0.4, -0.2) is 32.5 Å². The van der Waals surface area contributed by atoms with Gasteiger partial charge in [0.15, 0.2) is 0 Å². The maximum atomic E-state index is 12.1. The molecule has 3 rings (SSSR count). The first kappa shape index (κ1) is 16.0. The summed E-state index contributed by atoms with van der Waals surface area (Å²) in [6.45, 7) is 2.17. The molecule has 0 amide bonds. The molecule has 1 aliphatic carbocycles. The van der Waals surface area contributed by atoms with Crippen molar-refractivity contribution in [3.05, 3.63) is 48.0 Å². The lowest BCUT2D eigenvalue weighted by Crippen LogP contribution is -2.55. The van der Waals surface area contributed by atoms with Gasteiger partial charge in [-0.15, -0.1) is 0 Å². The lowest BCUT2D eigenvalue weighted by atomic mass is 9.94. The van der Waals surface area contributed by atoms with E-state index in [9.17, 15) is 9.59 Å². The molecule has 1 aromatic carbocycles. The minimum Gasteiger partial charge on any atom is -0.469 e. The fraction of sp³-hybridized carbons (Fsp3) is 0.444. The van der Waals surface area contributed by atoms with E-state index in [2.05, 4.69) is 18.7 Å². The molecule has 1 heterocycles. The van der Waals surface area contributed by atoms with Gasteiger partial charge in [-0.25, -0.2) is 0 Å². The molecule has 1 aromatic rings. The Hall–Kier alpha value is -1.88. The molecule has 2 aliphatic rings. The van der Waals surface area contributed by atoms with Crippen molar-refractivity contribution >= 4 is 20.0 Å². The number of ether oxygens (including phenoxy) is 2. The Morgan fingerprint density at radius 2 is 2.13 bits per heavy atom. The third kappa shape index (κ3) is 3.55. The molecular weight excluding hydrogens is 308 g/mol. The molecule has 1 saturated heterocycles. The highest BCUT2D eigenvalue weighted by Crippen LogP contribution is 2.41. The van der Waals surface area contributed by atoms with Crippen LogP contribution in [0.1, 0.15) is 18.4 Å². The summed E-state index contributed by atoms with van der Waals surface area (Å²) >= 11 is 0. The van der Waals surface area contributed by atoms with E-state index in [-0.39, 0.29) is 29.8 Å². The van der Waals surface area contributed by atoms with Crippen molar-refractivity contribution in [3.63, 3.8) is 0 Å². The van der Waals surface area contributed by atoms with E-state index in [0.29, 0.717) is 12.5 Å². The van der Waals surface area contributed by atoms with Gasteiger partial charge < -0.3 is 9.47 Å². The Kier molecular flexibility index (Phi) is 4.66. The largest absolute Gasteiger partial charge is 0.469 e. The number of benzene rings is 1. The lowest BCUT2D eigenvalue weighted by Gasteiger charge is -2.42. The first-order valence-electron chi connectivity index (χ1n) is 8.11. The zero-order chi connectivity index (χ0) is 16.3. The van der Waals surface area contributed by atoms with E-state index in [1.165, 1.54) is 0 Å². The predicted octanol–water partition coefficient (Wildman–Crippen LogP) is 2.82. The highest BCUT2D eigenvalue weighted by atomic mass is 28.3. The number of cyclic esters (lactones) is 1. The van der Waals surface area contributed by atoms with Crippen LogP contribution in [0.4, 0.5) is 0 Å². The first-order valence-corrected chi connectivity index (χ1v) is 11.1. The summed E-state index contributed by atoms with van der Waals surface area (Å²) in [5.74, 6) is -0.337. The standard InChI is InChI=1S/C18H22O4Si/c1-23(12-21-17(19)11-14-7-3-2-4-8-14)13-22-18(20)15-9-5-6-10-16(15)23/h2-4,6-8,10,15-16H,5,9,11-13H2,1H3. The molecule has 0 saturated carbocycles. The molecule has 0 aromatic heterocycles. The van der Waals surface area contributed by atoms with Crippen molar-refractivity contribution in [2.75, 3.05) is 12.5 Å². The van der Waals surface area contributed by atoms with Gasteiger partial charge in [0, 0.05) is 0 Å². The summed E-state index contributed by atoms with van der Waals surface area (Å²) in [6, 6.07) is 9.59. The van der Waals surface area contributed by atoms with Crippen molar-refractivity contribution in [2.24, 2.45) is 5.92 Å². The van der Waals surface area contributed by atoms with E-state index in [1.807, 2.05) is 30.3 Å². The summed E-state index contributed by atoms with van der Waals surface area (Å²) in [4.78, 5) is 24.0. The number of carbonyl (C=O) groups is 2. The van der Waals surface area contributed by atoms with Gasteiger partial charge in [0.2, 0.25) is 0 Å². The first-order chi connectivity index (χ1) is 11.1. The monoisotopic (exact) mass is 330 g/mol. The van der Waals surface area contributed by atoms with Crippen LogP contribution in [0, 0.1) is 5.92 Å². The van der Waals surface area contributed by atoms with Crippen LogP contribution in [0.2, 0.25) is 12.1 Å². The van der Waals surface area contributed by atoms with E-state index < -0.39 is 8.07 Å². The van der Waals surface area contributed by atoms with Gasteiger partial charge in [0.1, 0.15) is 8.07 Å². The Bertz CT molecular complexity index is 613. The topological polar surface area (TPSA) is 52.6 Å². The van der Waals surface area contributed by atoms with E-state index in [4.69, 9.17) is 9.47 Å². The van der Waals surface area contributed by atoms with E-state index >= 15 is 0 Å². The zero-order valence-corrected chi connectivity index (χ0v) is 14.4. The third-order valence-electron chi connectivity index (χ3n) is 4.83. The molecule has 0 N–H and O–H groups in total. The van der Waals surface area contributed by atoms with Crippen molar-refractivity contribution in [2.45, 2.75) is 31.4 Å². The van der Waals surface area contributed by atoms with Crippen LogP contribution < -0.4 is 0 Å². The van der Waals surface area contributed by atoms with Crippen molar-refractivity contribution < 1.29 is 19.1 Å². The van der Waals surface area contributed by atoms with Gasteiger partial charge in [0.25, 0.3) is 0 Å². The maximum Gasteiger partial charge on any atom is 0.309 e. The van der Waals surface area contributed by atoms with Crippen molar-refractivity contribution in [3.8, 4) is 0 Å². The molecule has 0 bridgehead atoms. The number of esters is 2. The highest BCUT2D eigenvalue weighted by molar-refractivity contribution is 6.81. The van der Waals surface area contributed by atoms with E-state index in [1.54, 1.807) is 0 Å². The van der Waals surface area contributed by atoms with Crippen molar-refractivity contribution in [1.82, 2.24) is 0 Å². The Morgan fingerprint density at radius 3 is 2.91 bits per heavy atom. The molecule has 0 radical (unpaired) electrons. The Balaban J connectivity index is 1.62. The average molecular weight is 330 g/mol. The lowest BCUT2D eigenvalue weighted by molar-refractivity contribution is -0.148. The molecule has 1 aliphatic heterocycles. The molecule has 3 atom stereocenters. The normalized spacial score (nSPS) is 29.5. The quantitative estimate of drug-likeness (QED) is 0.484. The smallest absolute Gasteiger partial charge is 0.309 e. The molecule has 1 fully saturated rings. The van der Waals surface area contributed by atoms with Crippen LogP contribution in [0.5, 0.6) is 0 Å². The third-order valence-corrected chi connectivity index (χ3v) is 8.64. The number of hydrogen-bond donors (Lipinski definition) is 0. The summed E-state index contributed by atoms with van der Waals surface area (Å²) < 4.78 is 11.0. The maximum absolute atomic E-state index is 12.1. The Morgan fingerprint density at radius 1 is 1.35 bits per heavy atom. The molecule has 122 valence electrons. The highest BCUT2D eigenvalue weighted by Gasteiger charge is 2.49. The van der Waals surface area contributed by atoms with Crippen LogP contribution in [0.25, 0.3) is 0 Å². The van der Waals surface area contributed by atoms with Gasteiger partial charge in [-0.1, -0.05) is 49.0 Å². The van der Waals surface area contributed by atoms with Gasteiger partial charge in [0.05, 0.1) is 24.8 Å². The zero-order valence-electron chi connectivity index (χ0n) is 13.4. The average Bonchev–Trinajstić information content (AvgIpc) is 2.58. The molecular formula is C18H22O4Si. The fourth-order valence-electron chi connectivity index (χ4n) is 3.45. The molecule has 3 unspecified atom stereocenters. The van der Waals surface area contributed by atoms with Gasteiger partial charge in [-0.2, -0.15) is 0 Å². The number of hydrogen-bond acceptors (Lipinski definition) is 4. The van der Waals surface area contributed by atoms with Crippen LogP contribution in [-0.2, 0) is 25.5 Å². The molecule has 5 heteroatoms. The van der Waals surface area contributed by atoms with Crippen LogP contribution >= 0.6 is 0 Å². The second-order valence-corrected chi connectivity index (χ2v) is 11.3. The number of carbonyl (C=O) groups excluding carboxylic acids is 2. The molecule has 0 spiro atoms. The summed E-state index contributed by atoms with van der Waals surface area (Å²) in [7, 11) is -1.99. The fourth-order valence-corrected chi connectivity index (χ4v) is 6.76. The molecule has 4 nitrogen and oxygen atoms in total. The summed E-state index contributed by atoms with van der Waals surface area (Å²) in [6.07, 6.45) is 7.22. The van der Waals surface area contributed by atoms with Gasteiger partial charge in [-0.05, 0) is 23.9 Å². The predicted molar refractivity (Wildman–Crippen MR) is 89.3 cm³/mol. The number of fused-ring (bicyclic) bond motifs is 1. The minimum atomic E-state index is -1.99. The summed E-state index contributed by atoms with van der Waals surface area (Å²) in [5.41, 5.74) is 1.18. The van der Waals surface area contributed by atoms with E-state index in [0.717, 1.165) is 18.4 Å². The summed E-state index contributed by atoms with van der Waals surface area (Å²) in [5, 5.41) is 0. The SMILES string of the molecule is C[Si]1(COC(=O)Cc2ccccc2)COC(=O)C2CCC=CC21. The van der Waals surface area contributed by atoms with Gasteiger partial charge >= 0.3 is 11.9 Å². The number of rotatable bonds is 4. The second-order valence-electron chi connectivity index (χ2n) is 6.72. The number of allylic oxidation sites excluding steroid dienone is 2. The minimum absolute atomic E-state index is 0.0433. The van der Waals surface area contributed by atoms with Gasteiger partial charge in [-0.3, -0.25) is 9.59 Å². The molecule has 23 heavy (non-hydrogen) atoms. The van der Waals surface area contributed by atoms with Crippen LogP contribution in [0.15, 0.2) is 42.5 Å². The van der Waals surface area contributed by atoms with Crippen molar-refractivity contribution in [1.29, 1.82) is 0 Å². The van der Waals surface area contributed by atoms with Crippen LogP contribution in [0.3, 0.4) is 0 Å². The Labute approximate surface area is 137 Å². The second kappa shape index (κ2) is 6.70.